The van der Waals surface area contributed by atoms with E-state index in [0.29, 0.717) is 5.88 Å². The number of hydrogen-bond acceptors (Lipinski definition) is 4. The minimum absolute atomic E-state index is 0.105. The van der Waals surface area contributed by atoms with Gasteiger partial charge in [0, 0.05) is 31.0 Å². The van der Waals surface area contributed by atoms with E-state index in [1.807, 2.05) is 43.9 Å². The fourth-order valence-electron chi connectivity index (χ4n) is 3.46. The Morgan fingerprint density at radius 1 is 1.26 bits per heavy atom. The smallest absolute Gasteiger partial charge is 0.410 e. The van der Waals surface area contributed by atoms with Gasteiger partial charge in [-0.3, -0.25) is 0 Å². The highest BCUT2D eigenvalue weighted by Gasteiger charge is 2.45. The van der Waals surface area contributed by atoms with Crippen LogP contribution in [-0.4, -0.2) is 39.8 Å². The highest BCUT2D eigenvalue weighted by atomic mass is 79.9. The lowest BCUT2D eigenvalue weighted by molar-refractivity contribution is -0.00760. The van der Waals surface area contributed by atoms with Gasteiger partial charge in [0.05, 0.1) is 0 Å². The van der Waals surface area contributed by atoms with Gasteiger partial charge in [-0.2, -0.15) is 0 Å². The minimum Gasteiger partial charge on any atom is -0.474 e. The number of hydrogen-bond donors (Lipinski definition) is 0. The van der Waals surface area contributed by atoms with Gasteiger partial charge < -0.3 is 14.4 Å². The molecule has 0 N–H and O–H groups in total. The molecule has 3 atom stereocenters. The number of rotatable bonds is 2. The molecule has 2 saturated heterocycles. The van der Waals surface area contributed by atoms with Crippen LogP contribution in [0.3, 0.4) is 0 Å². The summed E-state index contributed by atoms with van der Waals surface area (Å²) < 4.78 is 12.3. The van der Waals surface area contributed by atoms with Gasteiger partial charge in [-0.05, 0) is 55.6 Å². The van der Waals surface area contributed by atoms with Crippen molar-refractivity contribution in [3.05, 3.63) is 22.8 Å². The van der Waals surface area contributed by atoms with Crippen molar-refractivity contribution in [3.63, 3.8) is 0 Å². The Labute approximate surface area is 145 Å². The second-order valence-electron chi connectivity index (χ2n) is 7.28. The number of halogens is 1. The fraction of sp³-hybridized carbons (Fsp3) is 0.647. The largest absolute Gasteiger partial charge is 0.474 e. The van der Waals surface area contributed by atoms with Crippen LogP contribution in [-0.2, 0) is 4.74 Å². The molecule has 1 aromatic heterocycles. The summed E-state index contributed by atoms with van der Waals surface area (Å²) in [5.41, 5.74) is -0.454. The first-order valence-electron chi connectivity index (χ1n) is 8.12. The van der Waals surface area contributed by atoms with Gasteiger partial charge in [-0.25, -0.2) is 9.78 Å². The van der Waals surface area contributed by atoms with Crippen LogP contribution in [0.5, 0.6) is 5.88 Å². The van der Waals surface area contributed by atoms with Crippen molar-refractivity contribution in [1.82, 2.24) is 9.88 Å². The highest BCUT2D eigenvalue weighted by Crippen LogP contribution is 2.38. The van der Waals surface area contributed by atoms with Crippen LogP contribution in [0, 0.1) is 0 Å². The molecule has 1 unspecified atom stereocenters. The van der Waals surface area contributed by atoms with Gasteiger partial charge in [0.15, 0.2) is 0 Å². The number of pyridine rings is 1. The predicted octanol–water partition coefficient (Wildman–Crippen LogP) is 4.15. The highest BCUT2D eigenvalue weighted by molar-refractivity contribution is 9.10. The first kappa shape index (κ1) is 16.6. The molecule has 1 aromatic rings. The number of carbonyl (C=O) groups excluding carboxylic acids is 1. The van der Waals surface area contributed by atoms with Gasteiger partial charge in [-0.15, -0.1) is 0 Å². The standard InChI is InChI=1S/C17H23BrN2O3/c1-17(2,3)23-16(21)20-11-7-8-12(20)10-13(9-11)22-15-6-4-5-14(18)19-15/h4-6,11-13H,7-10H2,1-3H3/t11-,12+,13?. The van der Waals surface area contributed by atoms with Crippen molar-refractivity contribution < 1.29 is 14.3 Å². The number of fused-ring (bicyclic) bond motifs is 2. The van der Waals surface area contributed by atoms with Crippen molar-refractivity contribution in [1.29, 1.82) is 0 Å². The molecule has 0 aromatic carbocycles. The number of piperidine rings is 1. The average Bonchev–Trinajstić information content (AvgIpc) is 2.69. The van der Waals surface area contributed by atoms with Crippen LogP contribution < -0.4 is 4.74 Å². The monoisotopic (exact) mass is 382 g/mol. The molecule has 2 fully saturated rings. The van der Waals surface area contributed by atoms with E-state index in [4.69, 9.17) is 9.47 Å². The zero-order valence-electron chi connectivity index (χ0n) is 13.8. The first-order chi connectivity index (χ1) is 10.8. The second-order valence-corrected chi connectivity index (χ2v) is 8.09. The third-order valence-electron chi connectivity index (χ3n) is 4.27. The summed E-state index contributed by atoms with van der Waals surface area (Å²) in [7, 11) is 0. The van der Waals surface area contributed by atoms with E-state index in [0.717, 1.165) is 30.3 Å². The van der Waals surface area contributed by atoms with Gasteiger partial charge in [0.25, 0.3) is 0 Å². The second kappa shape index (κ2) is 6.30. The molecule has 0 saturated carbocycles. The predicted molar refractivity (Wildman–Crippen MR) is 90.5 cm³/mol. The maximum absolute atomic E-state index is 12.4. The molecule has 126 valence electrons. The summed E-state index contributed by atoms with van der Waals surface area (Å²) in [4.78, 5) is 18.7. The summed E-state index contributed by atoms with van der Waals surface area (Å²) in [5.74, 6) is 0.634. The molecule has 0 radical (unpaired) electrons. The summed E-state index contributed by atoms with van der Waals surface area (Å²) >= 11 is 3.36. The molecule has 23 heavy (non-hydrogen) atoms. The Bertz CT molecular complexity index is 573. The van der Waals surface area contributed by atoms with E-state index in [9.17, 15) is 4.79 Å². The Morgan fingerprint density at radius 2 is 1.91 bits per heavy atom. The Balaban J connectivity index is 1.64. The molecule has 0 aliphatic carbocycles. The quantitative estimate of drug-likeness (QED) is 0.720. The van der Waals surface area contributed by atoms with E-state index >= 15 is 0 Å². The number of nitrogens with zero attached hydrogens (tertiary/aromatic N) is 2. The van der Waals surface area contributed by atoms with Crippen molar-refractivity contribution in [3.8, 4) is 5.88 Å². The minimum atomic E-state index is -0.454. The molecular weight excluding hydrogens is 360 g/mol. The van der Waals surface area contributed by atoms with E-state index in [1.165, 1.54) is 0 Å². The maximum atomic E-state index is 12.4. The van der Waals surface area contributed by atoms with Crippen molar-refractivity contribution in [2.75, 3.05) is 0 Å². The van der Waals surface area contributed by atoms with E-state index in [-0.39, 0.29) is 24.3 Å². The fourth-order valence-corrected chi connectivity index (χ4v) is 3.79. The molecule has 2 bridgehead atoms. The van der Waals surface area contributed by atoms with Crippen LogP contribution in [0.25, 0.3) is 0 Å². The molecule has 2 aliphatic heterocycles. The first-order valence-corrected chi connectivity index (χ1v) is 8.91. The van der Waals surface area contributed by atoms with Crippen molar-refractivity contribution in [2.24, 2.45) is 0 Å². The summed E-state index contributed by atoms with van der Waals surface area (Å²) in [6, 6.07) is 6.08. The average molecular weight is 383 g/mol. The lowest BCUT2D eigenvalue weighted by Gasteiger charge is -2.39. The number of aromatic nitrogens is 1. The van der Waals surface area contributed by atoms with Crippen LogP contribution in [0.2, 0.25) is 0 Å². The molecule has 3 heterocycles. The molecule has 2 aliphatic rings. The van der Waals surface area contributed by atoms with Crippen LogP contribution in [0.15, 0.2) is 22.8 Å². The van der Waals surface area contributed by atoms with Crippen LogP contribution in [0.4, 0.5) is 4.79 Å². The SMILES string of the molecule is CC(C)(C)OC(=O)N1[C@@H]2CC[C@H]1CC(Oc1cccc(Br)n1)C2. The van der Waals surface area contributed by atoms with Crippen molar-refractivity contribution >= 4 is 22.0 Å². The number of ether oxygens (including phenoxy) is 2. The third kappa shape index (κ3) is 3.97. The Morgan fingerprint density at radius 3 is 2.48 bits per heavy atom. The Kier molecular flexibility index (Phi) is 4.54. The van der Waals surface area contributed by atoms with Gasteiger partial charge in [0.2, 0.25) is 5.88 Å². The number of amides is 1. The van der Waals surface area contributed by atoms with Crippen LogP contribution in [0.1, 0.15) is 46.5 Å². The van der Waals surface area contributed by atoms with E-state index < -0.39 is 5.60 Å². The van der Waals surface area contributed by atoms with E-state index in [2.05, 4.69) is 20.9 Å². The topological polar surface area (TPSA) is 51.7 Å². The molecule has 0 spiro atoms. The molecule has 3 rings (SSSR count). The van der Waals surface area contributed by atoms with Crippen LogP contribution >= 0.6 is 15.9 Å². The maximum Gasteiger partial charge on any atom is 0.410 e. The van der Waals surface area contributed by atoms with Gasteiger partial charge >= 0.3 is 6.09 Å². The molecule has 1 amide bonds. The summed E-state index contributed by atoms with van der Waals surface area (Å²) in [6.45, 7) is 5.71. The molecular formula is C17H23BrN2O3. The normalized spacial score (nSPS) is 27.0. The number of carbonyl (C=O) groups is 1. The molecule has 5 nitrogen and oxygen atoms in total. The summed E-state index contributed by atoms with van der Waals surface area (Å²) in [5, 5.41) is 0. The lowest BCUT2D eigenvalue weighted by atomic mass is 10.0. The van der Waals surface area contributed by atoms with Crippen molar-refractivity contribution in [2.45, 2.75) is 70.2 Å². The lowest BCUT2D eigenvalue weighted by Crippen LogP contribution is -2.50. The zero-order valence-corrected chi connectivity index (χ0v) is 15.4. The zero-order chi connectivity index (χ0) is 16.6. The third-order valence-corrected chi connectivity index (χ3v) is 4.71. The van der Waals surface area contributed by atoms with E-state index in [1.54, 1.807) is 0 Å². The Hall–Kier alpha value is -1.30. The van der Waals surface area contributed by atoms with Gasteiger partial charge in [-0.1, -0.05) is 6.07 Å². The van der Waals surface area contributed by atoms with Gasteiger partial charge in [0.1, 0.15) is 16.3 Å². The molecule has 6 heteroatoms. The summed E-state index contributed by atoms with van der Waals surface area (Å²) in [6.07, 6.45) is 3.64.